The molecule has 3 rings (SSSR count). The molecule has 0 bridgehead atoms. The second-order valence-electron chi connectivity index (χ2n) is 7.83. The zero-order valence-corrected chi connectivity index (χ0v) is 17.8. The van der Waals surface area contributed by atoms with Crippen molar-refractivity contribution in [3.05, 3.63) is 73.5 Å². The first-order valence-electron chi connectivity index (χ1n) is 9.08. The number of allylic oxidation sites excluding steroid dienone is 1. The number of carbonyl (C=O) groups excluding carboxylic acids is 1. The van der Waals surface area contributed by atoms with Crippen LogP contribution in [0.25, 0.3) is 0 Å². The minimum atomic E-state index is -0.627. The first-order valence-corrected chi connectivity index (χ1v) is 9.84. The third-order valence-corrected chi connectivity index (χ3v) is 5.98. The summed E-state index contributed by atoms with van der Waals surface area (Å²) in [6, 6.07) is 10.9. The number of aromatic nitrogens is 1. The Labute approximate surface area is 178 Å². The number of Topliss-reactive ketones (excluding diaryl/α,β-unsaturated/α-hetero) is 1. The van der Waals surface area contributed by atoms with Gasteiger partial charge < -0.3 is 5.11 Å². The Balaban J connectivity index is 2.14. The van der Waals surface area contributed by atoms with Gasteiger partial charge in [0, 0.05) is 5.92 Å². The third-order valence-electron chi connectivity index (χ3n) is 5.73. The largest absolute Gasteiger partial charge is 0.494 e. The summed E-state index contributed by atoms with van der Waals surface area (Å²) in [4.78, 5) is 26.1. The smallest absolute Gasteiger partial charge is 0.271 e. The molecule has 1 saturated carbocycles. The summed E-state index contributed by atoms with van der Waals surface area (Å²) < 4.78 is 1.15. The molecule has 0 spiro atoms. The molecule has 5 nitrogen and oxygen atoms in total. The number of carbonyl (C=O) groups is 1. The van der Waals surface area contributed by atoms with Crippen LogP contribution in [-0.2, 0) is 6.54 Å². The van der Waals surface area contributed by atoms with Gasteiger partial charge in [-0.25, -0.2) is 0 Å². The van der Waals surface area contributed by atoms with Crippen molar-refractivity contribution in [1.82, 2.24) is 4.57 Å². The van der Waals surface area contributed by atoms with Crippen LogP contribution in [0.2, 0.25) is 0 Å². The third kappa shape index (κ3) is 3.71. The Morgan fingerprint density at radius 3 is 2.48 bits per heavy atom. The van der Waals surface area contributed by atoms with Crippen molar-refractivity contribution in [3.63, 3.8) is 0 Å². The van der Waals surface area contributed by atoms with Gasteiger partial charge in [0.2, 0.25) is 5.88 Å². The van der Waals surface area contributed by atoms with Crippen LogP contribution in [0.4, 0.5) is 0 Å². The summed E-state index contributed by atoms with van der Waals surface area (Å²) in [5.74, 6) is -1.42. The monoisotopic (exact) mass is 430 g/mol. The van der Waals surface area contributed by atoms with Gasteiger partial charge in [-0.2, -0.15) is 5.26 Å². The molecule has 1 fully saturated rings. The van der Waals surface area contributed by atoms with Gasteiger partial charge in [-0.1, -0.05) is 67.4 Å². The summed E-state index contributed by atoms with van der Waals surface area (Å²) in [6.07, 6.45) is 1.61. The van der Waals surface area contributed by atoms with Crippen molar-refractivity contribution in [3.8, 4) is 11.9 Å². The van der Waals surface area contributed by atoms with Crippen LogP contribution in [-0.4, -0.2) is 15.5 Å². The van der Waals surface area contributed by atoms with Crippen LogP contribution in [0, 0.1) is 35.5 Å². The van der Waals surface area contributed by atoms with Crippen molar-refractivity contribution in [2.24, 2.45) is 17.3 Å². The van der Waals surface area contributed by atoms with E-state index in [0.717, 1.165) is 10.1 Å². The Bertz CT molecular complexity index is 1110. The van der Waals surface area contributed by atoms with E-state index >= 15 is 0 Å². The van der Waals surface area contributed by atoms with Crippen LogP contribution in [0.1, 0.15) is 40.9 Å². The van der Waals surface area contributed by atoms with E-state index in [2.05, 4.69) is 0 Å². The average Bonchev–Trinajstić information content (AvgIpc) is 3.19. The minimum absolute atomic E-state index is 0.00301. The molecule has 2 aromatic rings. The lowest BCUT2D eigenvalue weighted by Crippen LogP contribution is -2.27. The highest BCUT2D eigenvalue weighted by molar-refractivity contribution is 6.55. The maximum absolute atomic E-state index is 13.3. The van der Waals surface area contributed by atoms with E-state index in [4.69, 9.17) is 23.2 Å². The zero-order valence-electron chi connectivity index (χ0n) is 16.2. The van der Waals surface area contributed by atoms with E-state index in [1.54, 1.807) is 18.2 Å². The van der Waals surface area contributed by atoms with Gasteiger partial charge >= 0.3 is 0 Å². The normalized spacial score (nSPS) is 19.3. The molecule has 1 heterocycles. The number of hydrogen-bond donors (Lipinski definition) is 1. The quantitative estimate of drug-likeness (QED) is 0.704. The van der Waals surface area contributed by atoms with Crippen molar-refractivity contribution in [2.75, 3.05) is 0 Å². The molecule has 29 heavy (non-hydrogen) atoms. The van der Waals surface area contributed by atoms with Crippen molar-refractivity contribution < 1.29 is 9.90 Å². The fourth-order valence-corrected chi connectivity index (χ4v) is 4.21. The van der Waals surface area contributed by atoms with Crippen LogP contribution >= 0.6 is 23.2 Å². The molecule has 1 aromatic heterocycles. The second kappa shape index (κ2) is 7.70. The highest BCUT2D eigenvalue weighted by atomic mass is 35.5. The standard InChI is InChI=1S/C22H20Cl2N2O3/c1-12-14(10-25)20(28)26(11-13-7-5-4-6-8-13)21(29)17(12)19(27)18-15(9-16(23)24)22(18,2)3/h4-9,15,18,29H,11H2,1-3H3. The minimum Gasteiger partial charge on any atom is -0.494 e. The van der Waals surface area contributed by atoms with Gasteiger partial charge in [0.1, 0.15) is 16.1 Å². The molecular weight excluding hydrogens is 411 g/mol. The predicted octanol–water partition coefficient (Wildman–Crippen LogP) is 4.56. The number of benzene rings is 1. The molecule has 1 aliphatic carbocycles. The Kier molecular flexibility index (Phi) is 5.62. The number of hydrogen-bond acceptors (Lipinski definition) is 4. The topological polar surface area (TPSA) is 83.1 Å². The molecule has 2 atom stereocenters. The van der Waals surface area contributed by atoms with Crippen LogP contribution in [0.15, 0.2) is 45.7 Å². The number of aromatic hydroxyl groups is 1. The molecule has 150 valence electrons. The number of ketones is 1. The fourth-order valence-electron chi connectivity index (χ4n) is 3.94. The first kappa shape index (κ1) is 21.2. The number of halogens is 2. The Hall–Kier alpha value is -2.55. The number of rotatable bonds is 5. The maximum atomic E-state index is 13.3. The summed E-state index contributed by atoms with van der Waals surface area (Å²) in [7, 11) is 0. The molecule has 0 saturated heterocycles. The summed E-state index contributed by atoms with van der Waals surface area (Å²) in [6.45, 7) is 5.37. The van der Waals surface area contributed by atoms with E-state index in [0.29, 0.717) is 0 Å². The summed E-state index contributed by atoms with van der Waals surface area (Å²) in [5.41, 5.74) is -0.236. The molecule has 1 aliphatic rings. The van der Waals surface area contributed by atoms with Gasteiger partial charge in [-0.15, -0.1) is 0 Å². The van der Waals surface area contributed by atoms with E-state index in [9.17, 15) is 20.0 Å². The SMILES string of the molecule is Cc1c(C(=O)C2C(C=C(Cl)Cl)C2(C)C)c(O)n(Cc2ccccc2)c(=O)c1C#N. The highest BCUT2D eigenvalue weighted by Crippen LogP contribution is 2.61. The summed E-state index contributed by atoms with van der Waals surface area (Å²) >= 11 is 11.6. The van der Waals surface area contributed by atoms with Crippen LogP contribution in [0.3, 0.4) is 0 Å². The molecule has 7 heteroatoms. The number of nitriles is 1. The zero-order chi connectivity index (χ0) is 21.5. The number of nitrogens with zero attached hydrogens (tertiary/aromatic N) is 2. The summed E-state index contributed by atoms with van der Waals surface area (Å²) in [5, 5.41) is 20.4. The Morgan fingerprint density at radius 1 is 1.31 bits per heavy atom. The first-order chi connectivity index (χ1) is 13.6. The molecule has 2 unspecified atom stereocenters. The van der Waals surface area contributed by atoms with Crippen molar-refractivity contribution in [1.29, 1.82) is 5.26 Å². The molecule has 0 amide bonds. The van der Waals surface area contributed by atoms with Gasteiger partial charge in [0.25, 0.3) is 5.56 Å². The average molecular weight is 431 g/mol. The van der Waals surface area contributed by atoms with E-state index in [1.807, 2.05) is 38.1 Å². The molecule has 1 N–H and O–H groups in total. The van der Waals surface area contributed by atoms with Gasteiger partial charge in [-0.3, -0.25) is 14.2 Å². The van der Waals surface area contributed by atoms with E-state index in [1.165, 1.54) is 6.92 Å². The maximum Gasteiger partial charge on any atom is 0.271 e. The van der Waals surface area contributed by atoms with Crippen molar-refractivity contribution in [2.45, 2.75) is 27.3 Å². The van der Waals surface area contributed by atoms with Crippen LogP contribution in [0.5, 0.6) is 5.88 Å². The molecule has 0 radical (unpaired) electrons. The van der Waals surface area contributed by atoms with E-state index < -0.39 is 22.8 Å². The van der Waals surface area contributed by atoms with Gasteiger partial charge in [-0.05, 0) is 35.5 Å². The van der Waals surface area contributed by atoms with Crippen LogP contribution < -0.4 is 5.56 Å². The van der Waals surface area contributed by atoms with Crippen molar-refractivity contribution >= 4 is 29.0 Å². The lowest BCUT2D eigenvalue weighted by atomic mass is 9.96. The van der Waals surface area contributed by atoms with E-state index in [-0.39, 0.29) is 39.4 Å². The molecule has 1 aromatic carbocycles. The van der Waals surface area contributed by atoms with Gasteiger partial charge in [0.05, 0.1) is 12.1 Å². The van der Waals surface area contributed by atoms with Gasteiger partial charge in [0.15, 0.2) is 5.78 Å². The fraction of sp³-hybridized carbons (Fsp3) is 0.318. The lowest BCUT2D eigenvalue weighted by molar-refractivity contribution is 0.0946. The molecule has 0 aliphatic heterocycles. The Morgan fingerprint density at radius 2 is 1.93 bits per heavy atom. The lowest BCUT2D eigenvalue weighted by Gasteiger charge is -2.16. The predicted molar refractivity (Wildman–Crippen MR) is 112 cm³/mol. The highest BCUT2D eigenvalue weighted by Gasteiger charge is 2.61. The second-order valence-corrected chi connectivity index (χ2v) is 8.84. The molecular formula is C22H20Cl2N2O3. The number of pyridine rings is 1.